The molecule has 0 heterocycles. The number of carbonyl (C=O) groups excluding carboxylic acids is 2. The van der Waals surface area contributed by atoms with Gasteiger partial charge in [-0.15, -0.1) is 0 Å². The second-order valence-electron chi connectivity index (χ2n) is 7.49. The van der Waals surface area contributed by atoms with E-state index in [0.717, 1.165) is 22.5 Å². The van der Waals surface area contributed by atoms with Crippen LogP contribution in [0, 0.1) is 0 Å². The number of hydrogen-bond acceptors (Lipinski definition) is 2. The van der Waals surface area contributed by atoms with Crippen molar-refractivity contribution in [3.05, 3.63) is 59.7 Å². The maximum Gasteiger partial charge on any atom is 0.246 e. The molecule has 2 aromatic carbocycles. The van der Waals surface area contributed by atoms with Crippen LogP contribution in [0.2, 0.25) is 0 Å². The van der Waals surface area contributed by atoms with Gasteiger partial charge in [0.25, 0.3) is 0 Å². The molecule has 0 saturated heterocycles. The normalized spacial score (nSPS) is 11.0. The highest BCUT2D eigenvalue weighted by molar-refractivity contribution is 6.03. The van der Waals surface area contributed by atoms with Crippen LogP contribution in [-0.2, 0) is 9.59 Å². The van der Waals surface area contributed by atoms with Gasteiger partial charge in [-0.3, -0.25) is 9.59 Å². The van der Waals surface area contributed by atoms with Crippen LogP contribution in [0.25, 0.3) is 0 Å². The molecule has 0 radical (unpaired) electrons. The second-order valence-corrected chi connectivity index (χ2v) is 7.49. The van der Waals surface area contributed by atoms with E-state index < -0.39 is 0 Å². The third-order valence-electron chi connectivity index (χ3n) is 4.80. The summed E-state index contributed by atoms with van der Waals surface area (Å²) in [4.78, 5) is 28.7. The van der Waals surface area contributed by atoms with Crippen LogP contribution < -0.4 is 9.80 Å². The zero-order valence-electron chi connectivity index (χ0n) is 17.2. The Morgan fingerprint density at radius 2 is 1.37 bits per heavy atom. The van der Waals surface area contributed by atoms with Crippen molar-refractivity contribution < 1.29 is 9.59 Å². The summed E-state index contributed by atoms with van der Waals surface area (Å²) in [6, 6.07) is 15.6. The molecule has 0 aliphatic heterocycles. The van der Waals surface area contributed by atoms with Crippen LogP contribution in [0.5, 0.6) is 0 Å². The molecule has 0 aliphatic rings. The van der Waals surface area contributed by atoms with Gasteiger partial charge in [0.2, 0.25) is 11.8 Å². The molecule has 0 atom stereocenters. The molecule has 144 valence electrons. The van der Waals surface area contributed by atoms with Crippen LogP contribution in [0.3, 0.4) is 0 Å². The van der Waals surface area contributed by atoms with E-state index in [1.165, 1.54) is 6.92 Å². The highest BCUT2D eigenvalue weighted by atomic mass is 16.2. The predicted molar refractivity (Wildman–Crippen MR) is 112 cm³/mol. The standard InChI is InChI=1S/C23H30N2O2/c1-16(2)20-13-10-14-21(17(3)4)23(20)25(18(5)26)15-22(27)24(6)19-11-8-7-9-12-19/h7-14,16-17H,15H2,1-6H3. The first kappa shape index (κ1) is 20.7. The molecular formula is C23H30N2O2. The lowest BCUT2D eigenvalue weighted by Crippen LogP contribution is -2.41. The first-order valence-corrected chi connectivity index (χ1v) is 9.46. The third-order valence-corrected chi connectivity index (χ3v) is 4.80. The molecule has 0 unspecified atom stereocenters. The molecule has 0 spiro atoms. The van der Waals surface area contributed by atoms with E-state index >= 15 is 0 Å². The Hall–Kier alpha value is -2.62. The van der Waals surface area contributed by atoms with E-state index in [-0.39, 0.29) is 30.2 Å². The minimum Gasteiger partial charge on any atom is -0.314 e. The Labute approximate surface area is 162 Å². The number of likely N-dealkylation sites (N-methyl/N-ethyl adjacent to an activating group) is 1. The van der Waals surface area contributed by atoms with Gasteiger partial charge >= 0.3 is 0 Å². The molecule has 27 heavy (non-hydrogen) atoms. The first-order valence-electron chi connectivity index (χ1n) is 9.46. The monoisotopic (exact) mass is 366 g/mol. The molecule has 0 N–H and O–H groups in total. The summed E-state index contributed by atoms with van der Waals surface area (Å²) in [6.45, 7) is 9.98. The minimum atomic E-state index is -0.125. The minimum absolute atomic E-state index is 0.0180. The lowest BCUT2D eigenvalue weighted by atomic mass is 9.91. The summed E-state index contributed by atoms with van der Waals surface area (Å²) in [5, 5.41) is 0. The molecule has 4 nitrogen and oxygen atoms in total. The van der Waals surface area contributed by atoms with Gasteiger partial charge in [-0.05, 0) is 35.1 Å². The van der Waals surface area contributed by atoms with Crippen molar-refractivity contribution in [1.82, 2.24) is 0 Å². The summed E-state index contributed by atoms with van der Waals surface area (Å²) in [6.07, 6.45) is 0. The van der Waals surface area contributed by atoms with Gasteiger partial charge in [0, 0.05) is 19.7 Å². The van der Waals surface area contributed by atoms with E-state index in [9.17, 15) is 9.59 Å². The molecule has 0 aliphatic carbocycles. The van der Waals surface area contributed by atoms with Gasteiger partial charge in [-0.1, -0.05) is 64.1 Å². The van der Waals surface area contributed by atoms with E-state index in [1.807, 2.05) is 48.5 Å². The topological polar surface area (TPSA) is 40.6 Å². The summed E-state index contributed by atoms with van der Waals surface area (Å²) < 4.78 is 0. The average molecular weight is 367 g/mol. The highest BCUT2D eigenvalue weighted by Gasteiger charge is 2.25. The van der Waals surface area contributed by atoms with Crippen molar-refractivity contribution in [3.8, 4) is 0 Å². The van der Waals surface area contributed by atoms with Crippen molar-refractivity contribution in [3.63, 3.8) is 0 Å². The lowest BCUT2D eigenvalue weighted by molar-refractivity contribution is -0.121. The number of amides is 2. The second kappa shape index (κ2) is 8.85. The highest BCUT2D eigenvalue weighted by Crippen LogP contribution is 2.35. The Bertz CT molecular complexity index is 771. The molecular weight excluding hydrogens is 336 g/mol. The molecule has 0 fully saturated rings. The molecule has 0 aromatic heterocycles. The zero-order chi connectivity index (χ0) is 20.1. The smallest absolute Gasteiger partial charge is 0.246 e. The lowest BCUT2D eigenvalue weighted by Gasteiger charge is -2.30. The number of benzene rings is 2. The van der Waals surface area contributed by atoms with Gasteiger partial charge in [0.1, 0.15) is 6.54 Å². The summed E-state index contributed by atoms with van der Waals surface area (Å²) >= 11 is 0. The fraction of sp³-hybridized carbons (Fsp3) is 0.391. The Morgan fingerprint density at radius 1 is 0.852 bits per heavy atom. The number of rotatable bonds is 6. The molecule has 2 aromatic rings. The third kappa shape index (κ3) is 4.76. The quantitative estimate of drug-likeness (QED) is 0.726. The van der Waals surface area contributed by atoms with Gasteiger partial charge in [-0.25, -0.2) is 0 Å². The van der Waals surface area contributed by atoms with E-state index in [0.29, 0.717) is 0 Å². The van der Waals surface area contributed by atoms with Gasteiger partial charge in [0.15, 0.2) is 0 Å². The maximum atomic E-state index is 12.9. The Balaban J connectivity index is 2.44. The van der Waals surface area contributed by atoms with Gasteiger partial charge in [0.05, 0.1) is 5.69 Å². The number of nitrogens with zero attached hydrogens (tertiary/aromatic N) is 2. The molecule has 2 rings (SSSR count). The van der Waals surface area contributed by atoms with E-state index in [1.54, 1.807) is 16.8 Å². The van der Waals surface area contributed by atoms with Crippen LogP contribution in [0.4, 0.5) is 11.4 Å². The Morgan fingerprint density at radius 3 is 1.81 bits per heavy atom. The number of anilines is 2. The van der Waals surface area contributed by atoms with Crippen molar-refractivity contribution in [2.45, 2.75) is 46.5 Å². The Kier molecular flexibility index (Phi) is 6.78. The van der Waals surface area contributed by atoms with Crippen molar-refractivity contribution in [2.75, 3.05) is 23.4 Å². The summed E-state index contributed by atoms with van der Waals surface area (Å²) in [5.41, 5.74) is 3.87. The summed E-state index contributed by atoms with van der Waals surface area (Å²) in [5.74, 6) is 0.259. The van der Waals surface area contributed by atoms with Gasteiger partial charge < -0.3 is 9.80 Å². The van der Waals surface area contributed by atoms with Crippen molar-refractivity contribution >= 4 is 23.2 Å². The maximum absolute atomic E-state index is 12.9. The zero-order valence-corrected chi connectivity index (χ0v) is 17.2. The molecule has 4 heteroatoms. The van der Waals surface area contributed by atoms with Crippen LogP contribution in [-0.4, -0.2) is 25.4 Å². The SMILES string of the molecule is CC(=O)N(CC(=O)N(C)c1ccccc1)c1c(C(C)C)cccc1C(C)C. The first-order chi connectivity index (χ1) is 12.7. The van der Waals surface area contributed by atoms with E-state index in [4.69, 9.17) is 0 Å². The van der Waals surface area contributed by atoms with Gasteiger partial charge in [-0.2, -0.15) is 0 Å². The molecule has 0 saturated carbocycles. The van der Waals surface area contributed by atoms with Crippen molar-refractivity contribution in [2.24, 2.45) is 0 Å². The molecule has 0 bridgehead atoms. The summed E-state index contributed by atoms with van der Waals surface area (Å²) in [7, 11) is 1.74. The fourth-order valence-corrected chi connectivity index (χ4v) is 3.21. The fourth-order valence-electron chi connectivity index (χ4n) is 3.21. The van der Waals surface area contributed by atoms with Crippen LogP contribution in [0.1, 0.15) is 57.6 Å². The number of para-hydroxylation sites is 2. The van der Waals surface area contributed by atoms with Crippen molar-refractivity contribution in [1.29, 1.82) is 0 Å². The predicted octanol–water partition coefficient (Wildman–Crippen LogP) is 4.95. The van der Waals surface area contributed by atoms with Crippen LogP contribution >= 0.6 is 0 Å². The van der Waals surface area contributed by atoms with Crippen LogP contribution in [0.15, 0.2) is 48.5 Å². The van der Waals surface area contributed by atoms with E-state index in [2.05, 4.69) is 27.7 Å². The number of hydrogen-bond donors (Lipinski definition) is 0. The largest absolute Gasteiger partial charge is 0.314 e. The average Bonchev–Trinajstić information content (AvgIpc) is 2.65. The number of carbonyl (C=O) groups is 2. The molecule has 2 amide bonds.